The number of rotatable bonds is 6. The lowest BCUT2D eigenvalue weighted by molar-refractivity contribution is -0.153. The summed E-state index contributed by atoms with van der Waals surface area (Å²) >= 11 is 0. The van der Waals surface area contributed by atoms with E-state index in [2.05, 4.69) is 5.32 Å². The van der Waals surface area contributed by atoms with Crippen LogP contribution in [-0.4, -0.2) is 30.2 Å². The Balaban J connectivity index is 2.41. The smallest absolute Gasteiger partial charge is 0.339 e. The molecule has 0 aliphatic rings. The number of carbonyl (C=O) groups excluding carboxylic acids is 2. The zero-order chi connectivity index (χ0) is 16.7. The molecule has 0 spiro atoms. The van der Waals surface area contributed by atoms with E-state index in [1.165, 1.54) is 0 Å². The fraction of sp³-hybridized carbons (Fsp3) is 0.222. The van der Waals surface area contributed by atoms with Crippen molar-refractivity contribution in [1.82, 2.24) is 5.32 Å². The first-order chi connectivity index (χ1) is 11.1. The first kappa shape index (κ1) is 16.7. The molecule has 0 saturated heterocycles. The van der Waals surface area contributed by atoms with Gasteiger partial charge in [-0.25, -0.2) is 4.79 Å². The average molecular weight is 313 g/mol. The van der Waals surface area contributed by atoms with Crippen LogP contribution in [-0.2, 0) is 15.1 Å². The van der Waals surface area contributed by atoms with Crippen LogP contribution in [0.3, 0.4) is 0 Å². The van der Waals surface area contributed by atoms with Crippen molar-refractivity contribution >= 4 is 11.9 Å². The van der Waals surface area contributed by atoms with Crippen LogP contribution in [0.25, 0.3) is 0 Å². The molecule has 5 heteroatoms. The Morgan fingerprint density at radius 2 is 1.61 bits per heavy atom. The van der Waals surface area contributed by atoms with Crippen LogP contribution in [0, 0.1) is 0 Å². The summed E-state index contributed by atoms with van der Waals surface area (Å²) < 4.78 is 5.08. The van der Waals surface area contributed by atoms with Gasteiger partial charge in [0.1, 0.15) is 0 Å². The lowest BCUT2D eigenvalue weighted by Gasteiger charge is -2.31. The molecule has 120 valence electrons. The molecule has 2 N–H and O–H groups in total. The number of nitrogens with one attached hydrogen (secondary N) is 1. The molecule has 0 unspecified atom stereocenters. The predicted octanol–water partition coefficient (Wildman–Crippen LogP) is 1.87. The number of esters is 1. The number of hydrogen-bond acceptors (Lipinski definition) is 4. The van der Waals surface area contributed by atoms with E-state index in [4.69, 9.17) is 4.74 Å². The Kier molecular flexibility index (Phi) is 5.49. The lowest BCUT2D eigenvalue weighted by atomic mass is 9.90. The van der Waals surface area contributed by atoms with E-state index in [0.717, 1.165) is 0 Å². The summed E-state index contributed by atoms with van der Waals surface area (Å²) in [5.74, 6) is -1.16. The highest BCUT2D eigenvalue weighted by atomic mass is 16.5. The third kappa shape index (κ3) is 3.57. The Labute approximate surface area is 134 Å². The van der Waals surface area contributed by atoms with Gasteiger partial charge in [0, 0.05) is 5.56 Å². The molecule has 0 aliphatic heterocycles. The zero-order valence-electron chi connectivity index (χ0n) is 12.9. The monoisotopic (exact) mass is 313 g/mol. The molecule has 2 rings (SSSR count). The zero-order valence-corrected chi connectivity index (χ0v) is 12.9. The highest BCUT2D eigenvalue weighted by Gasteiger charge is 2.43. The minimum Gasteiger partial charge on any atom is -0.464 e. The first-order valence-electron chi connectivity index (χ1n) is 7.35. The molecule has 5 nitrogen and oxygen atoms in total. The number of ether oxygens (including phenoxy) is 1. The number of hydrogen-bond donors (Lipinski definition) is 2. The van der Waals surface area contributed by atoms with Crippen molar-refractivity contribution in [2.75, 3.05) is 13.2 Å². The first-order valence-corrected chi connectivity index (χ1v) is 7.35. The highest BCUT2D eigenvalue weighted by molar-refractivity contribution is 5.98. The van der Waals surface area contributed by atoms with Gasteiger partial charge in [0.05, 0.1) is 13.2 Å². The Hall–Kier alpha value is -2.66. The normalized spacial score (nSPS) is 13.0. The molecule has 0 saturated carbocycles. The number of aliphatic hydroxyl groups is 1. The van der Waals surface area contributed by atoms with Gasteiger partial charge in [0.2, 0.25) is 0 Å². The molecule has 23 heavy (non-hydrogen) atoms. The maximum atomic E-state index is 12.5. The topological polar surface area (TPSA) is 75.6 Å². The number of carbonyl (C=O) groups is 2. The van der Waals surface area contributed by atoms with Gasteiger partial charge in [0.15, 0.2) is 5.54 Å². The summed E-state index contributed by atoms with van der Waals surface area (Å²) in [7, 11) is 0. The van der Waals surface area contributed by atoms with Crippen LogP contribution in [0.5, 0.6) is 0 Å². The minimum absolute atomic E-state index is 0.147. The van der Waals surface area contributed by atoms with Crippen LogP contribution < -0.4 is 5.32 Å². The number of benzene rings is 2. The van der Waals surface area contributed by atoms with E-state index in [9.17, 15) is 14.7 Å². The van der Waals surface area contributed by atoms with Gasteiger partial charge in [0.25, 0.3) is 5.91 Å². The van der Waals surface area contributed by atoms with Crippen molar-refractivity contribution in [3.05, 3.63) is 71.8 Å². The van der Waals surface area contributed by atoms with E-state index >= 15 is 0 Å². The van der Waals surface area contributed by atoms with Gasteiger partial charge in [-0.05, 0) is 24.6 Å². The second kappa shape index (κ2) is 7.56. The molecule has 0 aromatic heterocycles. The van der Waals surface area contributed by atoms with Gasteiger partial charge < -0.3 is 15.2 Å². The van der Waals surface area contributed by atoms with Crippen molar-refractivity contribution in [2.24, 2.45) is 0 Å². The minimum atomic E-state index is -1.63. The van der Waals surface area contributed by atoms with Crippen LogP contribution in [0.2, 0.25) is 0 Å². The second-order valence-corrected chi connectivity index (χ2v) is 4.97. The van der Waals surface area contributed by atoms with Crippen LogP contribution in [0.4, 0.5) is 0 Å². The van der Waals surface area contributed by atoms with Crippen molar-refractivity contribution < 1.29 is 19.4 Å². The van der Waals surface area contributed by atoms with Crippen molar-refractivity contribution in [2.45, 2.75) is 12.5 Å². The molecule has 0 fully saturated rings. The van der Waals surface area contributed by atoms with E-state index in [1.54, 1.807) is 67.6 Å². The number of amides is 1. The van der Waals surface area contributed by atoms with Gasteiger partial charge in [-0.2, -0.15) is 0 Å². The molecule has 0 radical (unpaired) electrons. The average Bonchev–Trinajstić information content (AvgIpc) is 2.61. The molecule has 0 aliphatic carbocycles. The molecule has 0 bridgehead atoms. The molecule has 2 aromatic carbocycles. The maximum Gasteiger partial charge on any atom is 0.339 e. The van der Waals surface area contributed by atoms with Crippen LogP contribution >= 0.6 is 0 Å². The standard InChI is InChI=1S/C18H19NO4/c1-2-23-17(22)18(13-20,15-11-7-4-8-12-15)19-16(21)14-9-5-3-6-10-14/h3-12,20H,2,13H2,1H3,(H,19,21)/t18-/m1/s1. The van der Waals surface area contributed by atoms with Gasteiger partial charge in [-0.1, -0.05) is 48.5 Å². The summed E-state index contributed by atoms with van der Waals surface area (Å²) in [4.78, 5) is 24.9. The molecular weight excluding hydrogens is 294 g/mol. The number of aliphatic hydroxyl groups excluding tert-OH is 1. The summed E-state index contributed by atoms with van der Waals surface area (Å²) in [5, 5.41) is 12.5. The molecule has 1 atom stereocenters. The van der Waals surface area contributed by atoms with Crippen molar-refractivity contribution in [3.8, 4) is 0 Å². The van der Waals surface area contributed by atoms with E-state index < -0.39 is 24.0 Å². The third-order valence-corrected chi connectivity index (χ3v) is 3.49. The summed E-state index contributed by atoms with van der Waals surface area (Å²) in [6, 6.07) is 17.1. The predicted molar refractivity (Wildman–Crippen MR) is 85.7 cm³/mol. The summed E-state index contributed by atoms with van der Waals surface area (Å²) in [6.45, 7) is 1.22. The summed E-state index contributed by atoms with van der Waals surface area (Å²) in [5.41, 5.74) is -0.778. The Morgan fingerprint density at radius 1 is 1.04 bits per heavy atom. The van der Waals surface area contributed by atoms with Crippen LogP contribution in [0.1, 0.15) is 22.8 Å². The van der Waals surface area contributed by atoms with E-state index in [0.29, 0.717) is 11.1 Å². The van der Waals surface area contributed by atoms with Gasteiger partial charge >= 0.3 is 5.97 Å². The molecule has 0 heterocycles. The highest BCUT2D eigenvalue weighted by Crippen LogP contribution is 2.23. The van der Waals surface area contributed by atoms with E-state index in [1.807, 2.05) is 0 Å². The second-order valence-electron chi connectivity index (χ2n) is 4.97. The van der Waals surface area contributed by atoms with Crippen molar-refractivity contribution in [1.29, 1.82) is 0 Å². The van der Waals surface area contributed by atoms with E-state index in [-0.39, 0.29) is 6.61 Å². The quantitative estimate of drug-likeness (QED) is 0.798. The summed E-state index contributed by atoms with van der Waals surface area (Å²) in [6.07, 6.45) is 0. The third-order valence-electron chi connectivity index (χ3n) is 3.49. The SMILES string of the molecule is CCOC(=O)[C@](CO)(NC(=O)c1ccccc1)c1ccccc1. The molecule has 1 amide bonds. The maximum absolute atomic E-state index is 12.5. The largest absolute Gasteiger partial charge is 0.464 e. The molecule has 2 aromatic rings. The fourth-order valence-electron chi connectivity index (χ4n) is 2.27. The van der Waals surface area contributed by atoms with Gasteiger partial charge in [-0.3, -0.25) is 4.79 Å². The van der Waals surface area contributed by atoms with Crippen molar-refractivity contribution in [3.63, 3.8) is 0 Å². The van der Waals surface area contributed by atoms with Gasteiger partial charge in [-0.15, -0.1) is 0 Å². The Morgan fingerprint density at radius 3 is 2.13 bits per heavy atom. The Bertz CT molecular complexity index is 657. The fourth-order valence-corrected chi connectivity index (χ4v) is 2.27. The van der Waals surface area contributed by atoms with Crippen LogP contribution in [0.15, 0.2) is 60.7 Å². The molecular formula is C18H19NO4. The lowest BCUT2D eigenvalue weighted by Crippen LogP contribution is -2.55.